The lowest BCUT2D eigenvalue weighted by Gasteiger charge is -2.41. The molecule has 180 valence electrons. The van der Waals surface area contributed by atoms with E-state index in [4.69, 9.17) is 0 Å². The predicted molar refractivity (Wildman–Crippen MR) is 124 cm³/mol. The first-order valence-corrected chi connectivity index (χ1v) is 11.7. The van der Waals surface area contributed by atoms with Gasteiger partial charge >= 0.3 is 6.18 Å². The number of nitrogens with zero attached hydrogens (tertiary/aromatic N) is 1. The average molecular weight is 475 g/mol. The Labute approximate surface area is 195 Å². The van der Waals surface area contributed by atoms with Crippen molar-refractivity contribution in [2.45, 2.75) is 57.3 Å². The second-order valence-electron chi connectivity index (χ2n) is 9.74. The highest BCUT2D eigenvalue weighted by molar-refractivity contribution is 5.87. The van der Waals surface area contributed by atoms with Gasteiger partial charge in [-0.3, -0.25) is 4.90 Å². The summed E-state index contributed by atoms with van der Waals surface area (Å²) in [6.07, 6.45) is 1.29. The molecule has 2 aromatic carbocycles. The van der Waals surface area contributed by atoms with E-state index in [0.29, 0.717) is 30.0 Å². The van der Waals surface area contributed by atoms with Crippen LogP contribution in [0.1, 0.15) is 60.2 Å². The average Bonchev–Trinajstić information content (AvgIpc) is 3.08. The number of rotatable bonds is 5. The molecule has 1 aromatic heterocycles. The lowest BCUT2D eigenvalue weighted by molar-refractivity contribution is -0.155. The Morgan fingerprint density at radius 1 is 1.12 bits per heavy atom. The van der Waals surface area contributed by atoms with Crippen LogP contribution in [-0.2, 0) is 12.8 Å². The van der Waals surface area contributed by atoms with Crippen LogP contribution >= 0.6 is 0 Å². The third-order valence-electron chi connectivity index (χ3n) is 7.39. The molecule has 0 bridgehead atoms. The monoisotopic (exact) mass is 474 g/mol. The second kappa shape index (κ2) is 8.52. The fourth-order valence-corrected chi connectivity index (χ4v) is 5.52. The number of aromatic nitrogens is 1. The molecule has 5 rings (SSSR count). The molecule has 3 aromatic rings. The van der Waals surface area contributed by atoms with Crippen molar-refractivity contribution in [3.63, 3.8) is 0 Å². The highest BCUT2D eigenvalue weighted by atomic mass is 19.4. The van der Waals surface area contributed by atoms with Crippen LogP contribution in [0.25, 0.3) is 17.0 Å². The van der Waals surface area contributed by atoms with Crippen LogP contribution in [0, 0.1) is 17.6 Å². The first-order valence-electron chi connectivity index (χ1n) is 11.7. The number of fused-ring (bicyclic) bond motifs is 3. The molecule has 7 heteroatoms. The van der Waals surface area contributed by atoms with E-state index in [2.05, 4.69) is 11.6 Å². The van der Waals surface area contributed by atoms with Crippen molar-refractivity contribution in [1.29, 1.82) is 0 Å². The predicted octanol–water partition coefficient (Wildman–Crippen LogP) is 7.33. The third kappa shape index (κ3) is 4.15. The summed E-state index contributed by atoms with van der Waals surface area (Å²) in [4.78, 5) is 4.37. The topological polar surface area (TPSA) is 19.0 Å². The number of alkyl halides is 3. The number of hydrogen-bond donors (Lipinski definition) is 1. The van der Waals surface area contributed by atoms with Gasteiger partial charge in [-0.05, 0) is 60.6 Å². The van der Waals surface area contributed by atoms with Crippen molar-refractivity contribution in [1.82, 2.24) is 9.88 Å². The van der Waals surface area contributed by atoms with E-state index in [1.165, 1.54) is 17.0 Å². The zero-order chi connectivity index (χ0) is 24.2. The molecule has 34 heavy (non-hydrogen) atoms. The zero-order valence-electron chi connectivity index (χ0n) is 19.0. The quantitative estimate of drug-likeness (QED) is 0.384. The lowest BCUT2D eigenvalue weighted by atomic mass is 9.80. The molecule has 1 unspecified atom stereocenters. The SMILES string of the molecule is C=Cc1ccc2c3c([nH]c2c1)C(c1c(F)cc(CC2CCC2)cc1F)N(CC(F)(F)F)[C@H](C)C3. The van der Waals surface area contributed by atoms with Crippen LogP contribution in [0.5, 0.6) is 0 Å². The molecule has 0 spiro atoms. The molecule has 0 radical (unpaired) electrons. The Hall–Kier alpha value is -2.67. The summed E-state index contributed by atoms with van der Waals surface area (Å²) in [6, 6.07) is 6.45. The first-order chi connectivity index (χ1) is 16.1. The van der Waals surface area contributed by atoms with Gasteiger partial charge in [0.15, 0.2) is 0 Å². The minimum atomic E-state index is -4.51. The van der Waals surface area contributed by atoms with Gasteiger partial charge < -0.3 is 4.98 Å². The van der Waals surface area contributed by atoms with E-state index in [1.807, 2.05) is 18.2 Å². The Morgan fingerprint density at radius 2 is 1.82 bits per heavy atom. The van der Waals surface area contributed by atoms with Gasteiger partial charge in [0.1, 0.15) is 11.6 Å². The molecule has 0 saturated heterocycles. The van der Waals surface area contributed by atoms with Crippen LogP contribution < -0.4 is 0 Å². The molecule has 1 fully saturated rings. The Morgan fingerprint density at radius 3 is 2.41 bits per heavy atom. The first kappa shape index (κ1) is 23.1. The molecular formula is C27H27F5N2. The van der Waals surface area contributed by atoms with Crippen LogP contribution in [0.15, 0.2) is 36.9 Å². The summed E-state index contributed by atoms with van der Waals surface area (Å²) < 4.78 is 71.7. The normalized spacial score (nSPS) is 21.5. The Kier molecular flexibility index (Phi) is 5.79. The van der Waals surface area contributed by atoms with Crippen LogP contribution in [0.4, 0.5) is 22.0 Å². The maximum Gasteiger partial charge on any atom is 0.401 e. The summed E-state index contributed by atoms with van der Waals surface area (Å²) in [5.41, 5.74) is 3.02. The van der Waals surface area contributed by atoms with Crippen LogP contribution in [0.3, 0.4) is 0 Å². The van der Waals surface area contributed by atoms with Gasteiger partial charge in [-0.1, -0.05) is 44.1 Å². The van der Waals surface area contributed by atoms with Crippen LogP contribution in [0.2, 0.25) is 0 Å². The summed E-state index contributed by atoms with van der Waals surface area (Å²) in [5.74, 6) is -1.17. The summed E-state index contributed by atoms with van der Waals surface area (Å²) in [6.45, 7) is 4.19. The molecule has 1 aliphatic heterocycles. The van der Waals surface area contributed by atoms with E-state index in [-0.39, 0.29) is 5.56 Å². The largest absolute Gasteiger partial charge is 0.401 e. The van der Waals surface area contributed by atoms with Gasteiger partial charge in [0.2, 0.25) is 0 Å². The number of aromatic amines is 1. The number of H-pyrrole nitrogens is 1. The molecule has 2 heterocycles. The van der Waals surface area contributed by atoms with Gasteiger partial charge in [0, 0.05) is 28.2 Å². The zero-order valence-corrected chi connectivity index (χ0v) is 19.0. The Bertz CT molecular complexity index is 1210. The van der Waals surface area contributed by atoms with Gasteiger partial charge in [0.25, 0.3) is 0 Å². The van der Waals surface area contributed by atoms with Crippen molar-refractivity contribution in [2.24, 2.45) is 5.92 Å². The molecule has 2 aliphatic rings. The molecule has 0 amide bonds. The van der Waals surface area contributed by atoms with Crippen LogP contribution in [-0.4, -0.2) is 28.6 Å². The van der Waals surface area contributed by atoms with Crippen molar-refractivity contribution >= 4 is 17.0 Å². The minimum absolute atomic E-state index is 0.329. The van der Waals surface area contributed by atoms with Gasteiger partial charge in [-0.15, -0.1) is 0 Å². The molecule has 1 saturated carbocycles. The molecular weight excluding hydrogens is 447 g/mol. The fourth-order valence-electron chi connectivity index (χ4n) is 5.52. The second-order valence-corrected chi connectivity index (χ2v) is 9.74. The number of benzene rings is 2. The van der Waals surface area contributed by atoms with Crippen molar-refractivity contribution in [2.75, 3.05) is 6.54 Å². The number of hydrogen-bond acceptors (Lipinski definition) is 1. The maximum absolute atomic E-state index is 15.5. The van der Waals surface area contributed by atoms with E-state index < -0.39 is 36.4 Å². The summed E-state index contributed by atoms with van der Waals surface area (Å²) in [7, 11) is 0. The summed E-state index contributed by atoms with van der Waals surface area (Å²) in [5, 5.41) is 0.853. The van der Waals surface area contributed by atoms with Crippen molar-refractivity contribution < 1.29 is 22.0 Å². The summed E-state index contributed by atoms with van der Waals surface area (Å²) >= 11 is 0. The minimum Gasteiger partial charge on any atom is -0.357 e. The third-order valence-corrected chi connectivity index (χ3v) is 7.39. The molecule has 1 aliphatic carbocycles. The van der Waals surface area contributed by atoms with E-state index in [1.54, 1.807) is 13.0 Å². The van der Waals surface area contributed by atoms with E-state index in [0.717, 1.165) is 41.3 Å². The van der Waals surface area contributed by atoms with E-state index in [9.17, 15) is 13.2 Å². The molecule has 1 N–H and O–H groups in total. The van der Waals surface area contributed by atoms with E-state index >= 15 is 8.78 Å². The van der Waals surface area contributed by atoms with Crippen molar-refractivity contribution in [3.05, 3.63) is 76.5 Å². The Balaban J connectivity index is 1.66. The van der Waals surface area contributed by atoms with Gasteiger partial charge in [-0.25, -0.2) is 8.78 Å². The molecule has 2 nitrogen and oxygen atoms in total. The van der Waals surface area contributed by atoms with Gasteiger partial charge in [-0.2, -0.15) is 13.2 Å². The number of halogens is 5. The molecule has 2 atom stereocenters. The number of nitrogens with one attached hydrogen (secondary N) is 1. The van der Waals surface area contributed by atoms with Crippen molar-refractivity contribution in [3.8, 4) is 0 Å². The standard InChI is InChI=1S/C27H27F5N2/c1-3-16-7-8-19-20-9-15(2)34(14-27(30,31)32)26(25(20)33-23(19)13-16)24-21(28)11-18(12-22(24)29)10-17-5-4-6-17/h3,7-8,11-13,15,17,26,33H,1,4-6,9-10,14H2,2H3/t15-,26?/m1/s1. The fraction of sp³-hybridized carbons (Fsp3) is 0.407. The van der Waals surface area contributed by atoms with Gasteiger partial charge in [0.05, 0.1) is 12.6 Å². The maximum atomic E-state index is 15.5. The highest BCUT2D eigenvalue weighted by Crippen LogP contribution is 2.44. The highest BCUT2D eigenvalue weighted by Gasteiger charge is 2.43. The smallest absolute Gasteiger partial charge is 0.357 e. The lowest BCUT2D eigenvalue weighted by Crippen LogP contribution is -2.47.